The van der Waals surface area contributed by atoms with E-state index < -0.39 is 11.4 Å². The lowest BCUT2D eigenvalue weighted by molar-refractivity contribution is -0.142. The molecule has 0 amide bonds. The van der Waals surface area contributed by atoms with E-state index >= 15 is 0 Å². The quantitative estimate of drug-likeness (QED) is 0.863. The average Bonchev–Trinajstić information content (AvgIpc) is 2.78. The van der Waals surface area contributed by atoms with Gasteiger partial charge >= 0.3 is 5.97 Å². The summed E-state index contributed by atoms with van der Waals surface area (Å²) < 4.78 is 0. The number of carbonyl (C=O) groups is 1. The molecule has 0 bridgehead atoms. The minimum atomic E-state index is -0.925. The minimum Gasteiger partial charge on any atom is -0.481 e. The number of carboxylic acids is 1. The molecule has 0 aliphatic heterocycles. The van der Waals surface area contributed by atoms with E-state index in [4.69, 9.17) is 0 Å². The van der Waals surface area contributed by atoms with Gasteiger partial charge in [-0.25, -0.2) is 4.98 Å². The van der Waals surface area contributed by atoms with Gasteiger partial charge in [-0.15, -0.1) is 11.3 Å². The summed E-state index contributed by atoms with van der Waals surface area (Å²) in [6, 6.07) is 0. The number of aromatic nitrogens is 1. The highest BCUT2D eigenvalue weighted by atomic mass is 32.1. The number of anilines is 1. The molecule has 1 rings (SSSR count). The second kappa shape index (κ2) is 5.69. The first-order valence-electron chi connectivity index (χ1n) is 6.19. The number of carboxylic acid groups (broad SMARTS) is 1. The Morgan fingerprint density at radius 1 is 1.61 bits per heavy atom. The summed E-state index contributed by atoms with van der Waals surface area (Å²) in [5.41, 5.74) is -0.294. The zero-order valence-corrected chi connectivity index (χ0v) is 12.5. The molecule has 0 aromatic carbocycles. The Hall–Kier alpha value is -1.10. The third-order valence-corrected chi connectivity index (χ3v) is 4.23. The van der Waals surface area contributed by atoms with Crippen molar-refractivity contribution in [1.82, 2.24) is 4.98 Å². The van der Waals surface area contributed by atoms with Gasteiger partial charge in [0.2, 0.25) is 0 Å². The largest absolute Gasteiger partial charge is 0.481 e. The van der Waals surface area contributed by atoms with E-state index in [-0.39, 0.29) is 0 Å². The Kier molecular flexibility index (Phi) is 4.73. The van der Waals surface area contributed by atoms with Crippen LogP contribution in [0.2, 0.25) is 0 Å². The second-order valence-corrected chi connectivity index (χ2v) is 6.18. The van der Waals surface area contributed by atoms with Gasteiger partial charge < -0.3 is 10.0 Å². The van der Waals surface area contributed by atoms with E-state index in [1.165, 1.54) is 11.3 Å². The highest BCUT2D eigenvalue weighted by Gasteiger charge is 2.32. The van der Waals surface area contributed by atoms with Gasteiger partial charge in [-0.3, -0.25) is 4.79 Å². The lowest BCUT2D eigenvalue weighted by Crippen LogP contribution is -2.29. The van der Waals surface area contributed by atoms with E-state index in [1.807, 2.05) is 12.4 Å². The molecule has 0 fully saturated rings. The van der Waals surface area contributed by atoms with Crippen molar-refractivity contribution in [2.75, 3.05) is 18.5 Å². The normalized spacial score (nSPS) is 13.4. The fourth-order valence-electron chi connectivity index (χ4n) is 1.51. The van der Waals surface area contributed by atoms with Crippen LogP contribution >= 0.6 is 11.3 Å². The van der Waals surface area contributed by atoms with Crippen LogP contribution in [0.1, 0.15) is 39.8 Å². The van der Waals surface area contributed by atoms with Crippen LogP contribution in [0.4, 0.5) is 5.13 Å². The maximum absolute atomic E-state index is 11.2. The molecule has 0 aliphatic carbocycles. The van der Waals surface area contributed by atoms with Gasteiger partial charge in [0.1, 0.15) is 5.41 Å². The lowest BCUT2D eigenvalue weighted by Gasteiger charge is -2.20. The van der Waals surface area contributed by atoms with E-state index in [0.717, 1.165) is 18.1 Å². The number of hydrogen-bond donors (Lipinski definition) is 1. The molecule has 0 spiro atoms. The predicted molar refractivity (Wildman–Crippen MR) is 75.5 cm³/mol. The van der Waals surface area contributed by atoms with Crippen molar-refractivity contribution in [3.05, 3.63) is 11.1 Å². The van der Waals surface area contributed by atoms with Crippen molar-refractivity contribution in [3.63, 3.8) is 0 Å². The third kappa shape index (κ3) is 3.22. The Morgan fingerprint density at radius 3 is 2.72 bits per heavy atom. The number of thiazole rings is 1. The molecule has 1 N–H and O–H groups in total. The average molecular weight is 270 g/mol. The molecule has 1 aromatic heterocycles. The van der Waals surface area contributed by atoms with Crippen LogP contribution in [-0.2, 0) is 10.2 Å². The van der Waals surface area contributed by atoms with Crippen molar-refractivity contribution in [3.8, 4) is 0 Å². The monoisotopic (exact) mass is 270 g/mol. The highest BCUT2D eigenvalue weighted by molar-refractivity contribution is 7.13. The maximum atomic E-state index is 11.2. The van der Waals surface area contributed by atoms with Crippen LogP contribution in [0, 0.1) is 5.92 Å². The Balaban J connectivity index is 2.83. The molecule has 1 unspecified atom stereocenters. The molecular weight excluding hydrogens is 248 g/mol. The summed E-state index contributed by atoms with van der Waals surface area (Å²) in [6.45, 7) is 8.67. The summed E-state index contributed by atoms with van der Waals surface area (Å²) in [7, 11) is 2.00. The van der Waals surface area contributed by atoms with Crippen LogP contribution < -0.4 is 4.90 Å². The summed E-state index contributed by atoms with van der Waals surface area (Å²) in [6.07, 6.45) is 1.13. The van der Waals surface area contributed by atoms with Crippen molar-refractivity contribution < 1.29 is 9.90 Å². The molecule has 5 heteroatoms. The molecule has 1 aromatic rings. The Labute approximate surface area is 113 Å². The van der Waals surface area contributed by atoms with Crippen LogP contribution in [0.25, 0.3) is 0 Å². The highest BCUT2D eigenvalue weighted by Crippen LogP contribution is 2.29. The fraction of sp³-hybridized carbons (Fsp3) is 0.692. The second-order valence-electron chi connectivity index (χ2n) is 5.34. The summed E-state index contributed by atoms with van der Waals surface area (Å²) in [5.74, 6) is -0.237. The van der Waals surface area contributed by atoms with E-state index in [1.54, 1.807) is 13.8 Å². The smallest absolute Gasteiger partial charge is 0.315 e. The van der Waals surface area contributed by atoms with Crippen LogP contribution in [0.3, 0.4) is 0 Å². The lowest BCUT2D eigenvalue weighted by atomic mass is 9.90. The Bertz CT molecular complexity index is 415. The van der Waals surface area contributed by atoms with Gasteiger partial charge in [0.05, 0.1) is 5.69 Å². The third-order valence-electron chi connectivity index (χ3n) is 3.28. The molecule has 0 saturated carbocycles. The van der Waals surface area contributed by atoms with E-state index in [9.17, 15) is 9.90 Å². The van der Waals surface area contributed by atoms with Crippen molar-refractivity contribution >= 4 is 22.4 Å². The number of rotatable bonds is 6. The predicted octanol–water partition coefficient (Wildman–Crippen LogP) is 2.99. The molecule has 1 atom stereocenters. The van der Waals surface area contributed by atoms with Crippen molar-refractivity contribution in [1.29, 1.82) is 0 Å². The number of hydrogen-bond acceptors (Lipinski definition) is 4. The summed E-state index contributed by atoms with van der Waals surface area (Å²) in [5, 5.41) is 11.9. The molecule has 0 saturated heterocycles. The van der Waals surface area contributed by atoms with Crippen molar-refractivity contribution in [2.24, 2.45) is 5.92 Å². The molecule has 102 valence electrons. The molecule has 1 heterocycles. The van der Waals surface area contributed by atoms with Gasteiger partial charge in [-0.05, 0) is 19.8 Å². The summed E-state index contributed by atoms with van der Waals surface area (Å²) in [4.78, 5) is 17.7. The number of nitrogens with zero attached hydrogens (tertiary/aromatic N) is 2. The zero-order valence-electron chi connectivity index (χ0n) is 11.7. The van der Waals surface area contributed by atoms with Gasteiger partial charge in [0.15, 0.2) is 5.13 Å². The van der Waals surface area contributed by atoms with E-state index in [0.29, 0.717) is 11.6 Å². The molecular formula is C13H22N2O2S. The Morgan fingerprint density at radius 2 is 2.22 bits per heavy atom. The zero-order chi connectivity index (χ0) is 13.9. The molecule has 4 nitrogen and oxygen atoms in total. The van der Waals surface area contributed by atoms with Gasteiger partial charge in [-0.2, -0.15) is 0 Å². The molecule has 18 heavy (non-hydrogen) atoms. The standard InChI is InChI=1S/C13H22N2O2S/c1-6-9(2)7-15(5)12-14-10(8-18-12)13(3,4)11(16)17/h8-9H,6-7H2,1-5H3,(H,16,17). The van der Waals surface area contributed by atoms with Crippen molar-refractivity contribution in [2.45, 2.75) is 39.5 Å². The van der Waals surface area contributed by atoms with Crippen LogP contribution in [0.15, 0.2) is 5.38 Å². The van der Waals surface area contributed by atoms with Gasteiger partial charge in [0.25, 0.3) is 0 Å². The van der Waals surface area contributed by atoms with Gasteiger partial charge in [-0.1, -0.05) is 20.3 Å². The van der Waals surface area contributed by atoms with Crippen LogP contribution in [0.5, 0.6) is 0 Å². The first-order chi connectivity index (χ1) is 8.28. The minimum absolute atomic E-state index is 0.606. The first kappa shape index (κ1) is 15.0. The summed E-state index contributed by atoms with van der Waals surface area (Å²) >= 11 is 1.51. The number of aliphatic carboxylic acids is 1. The maximum Gasteiger partial charge on any atom is 0.315 e. The van der Waals surface area contributed by atoms with Gasteiger partial charge in [0, 0.05) is 19.0 Å². The topological polar surface area (TPSA) is 53.4 Å². The molecule has 0 aliphatic rings. The van der Waals surface area contributed by atoms with Crippen LogP contribution in [-0.4, -0.2) is 29.7 Å². The van der Waals surface area contributed by atoms with E-state index in [2.05, 4.69) is 23.7 Å². The fourth-order valence-corrected chi connectivity index (χ4v) is 2.48. The molecule has 0 radical (unpaired) electrons. The first-order valence-corrected chi connectivity index (χ1v) is 7.07. The SMILES string of the molecule is CCC(C)CN(C)c1nc(C(C)(C)C(=O)O)cs1.